The van der Waals surface area contributed by atoms with Crippen LogP contribution in [0.3, 0.4) is 0 Å². The Labute approximate surface area is 145 Å². The Balaban J connectivity index is 2.35. The van der Waals surface area contributed by atoms with E-state index in [1.807, 2.05) is 0 Å². The molecule has 0 saturated heterocycles. The van der Waals surface area contributed by atoms with Gasteiger partial charge in [-0.05, 0) is 29.8 Å². The molecule has 0 fully saturated rings. The number of sulfone groups is 1. The van der Waals surface area contributed by atoms with Crippen molar-refractivity contribution in [3.05, 3.63) is 58.5 Å². The van der Waals surface area contributed by atoms with Gasteiger partial charge < -0.3 is 14.6 Å². The number of hydrogen-bond donors (Lipinski definition) is 1. The van der Waals surface area contributed by atoms with E-state index >= 15 is 0 Å². The van der Waals surface area contributed by atoms with Crippen molar-refractivity contribution in [3.63, 3.8) is 0 Å². The molecule has 6 nitrogen and oxygen atoms in total. The van der Waals surface area contributed by atoms with Crippen LogP contribution in [0, 0.1) is 0 Å². The number of carbonyl (C=O) groups is 1. The summed E-state index contributed by atoms with van der Waals surface area (Å²) in [7, 11) is -1.07. The number of aliphatic hydroxyl groups is 1. The molecular formula is C18H16O6S. The number of carbonyl (C=O) groups excluding carboxylic acids is 1. The fourth-order valence-corrected chi connectivity index (χ4v) is 4.45. The normalized spacial score (nSPS) is 15.7. The number of hydrogen-bond acceptors (Lipinski definition) is 6. The van der Waals surface area contributed by atoms with Gasteiger partial charge in [0.1, 0.15) is 11.5 Å². The Bertz CT molecular complexity index is 966. The summed E-state index contributed by atoms with van der Waals surface area (Å²) in [5, 5.41) is 9.70. The number of fused-ring (bicyclic) bond motifs is 1. The Hall–Kier alpha value is -2.64. The lowest BCUT2D eigenvalue weighted by Gasteiger charge is -2.22. The van der Waals surface area contributed by atoms with Gasteiger partial charge in [0.15, 0.2) is 5.78 Å². The highest BCUT2D eigenvalue weighted by molar-refractivity contribution is 7.95. The van der Waals surface area contributed by atoms with Gasteiger partial charge in [-0.3, -0.25) is 4.79 Å². The van der Waals surface area contributed by atoms with E-state index in [1.54, 1.807) is 12.1 Å². The monoisotopic (exact) mass is 360 g/mol. The number of ether oxygens (including phenoxy) is 2. The number of benzene rings is 2. The number of ketones is 1. The molecule has 130 valence electrons. The molecule has 0 spiro atoms. The van der Waals surface area contributed by atoms with E-state index in [0.717, 1.165) is 0 Å². The number of methoxy groups -OCH3 is 2. The van der Waals surface area contributed by atoms with Crippen LogP contribution in [0.1, 0.15) is 15.9 Å². The Morgan fingerprint density at radius 3 is 2.16 bits per heavy atom. The van der Waals surface area contributed by atoms with Gasteiger partial charge in [-0.15, -0.1) is 0 Å². The van der Waals surface area contributed by atoms with Crippen LogP contribution in [-0.2, 0) is 9.84 Å². The van der Waals surface area contributed by atoms with Gasteiger partial charge in [0.2, 0.25) is 9.84 Å². The number of rotatable bonds is 4. The van der Waals surface area contributed by atoms with E-state index in [2.05, 4.69) is 0 Å². The number of Topliss-reactive ketones (excluding diaryl/α,β-unsaturated/α-hetero) is 1. The highest BCUT2D eigenvalue weighted by Gasteiger charge is 2.37. The molecule has 0 aromatic heterocycles. The maximum Gasteiger partial charge on any atom is 0.206 e. The third-order valence-corrected chi connectivity index (χ3v) is 5.95. The van der Waals surface area contributed by atoms with Gasteiger partial charge >= 0.3 is 0 Å². The van der Waals surface area contributed by atoms with E-state index in [9.17, 15) is 18.3 Å². The first-order valence-corrected chi connectivity index (χ1v) is 8.88. The van der Waals surface area contributed by atoms with Crippen molar-refractivity contribution >= 4 is 21.2 Å². The first kappa shape index (κ1) is 17.2. The fourth-order valence-electron chi connectivity index (χ4n) is 2.82. The summed E-state index contributed by atoms with van der Waals surface area (Å²) < 4.78 is 36.1. The first-order chi connectivity index (χ1) is 11.9. The molecule has 0 atom stereocenters. The summed E-state index contributed by atoms with van der Waals surface area (Å²) in [6, 6.07) is 10.6. The van der Waals surface area contributed by atoms with Crippen LogP contribution in [0.4, 0.5) is 0 Å². The summed E-state index contributed by atoms with van der Waals surface area (Å²) >= 11 is 0. The lowest BCUT2D eigenvalue weighted by Crippen LogP contribution is -2.23. The van der Waals surface area contributed by atoms with Gasteiger partial charge in [0.05, 0.1) is 30.6 Å². The molecule has 25 heavy (non-hydrogen) atoms. The van der Waals surface area contributed by atoms with E-state index in [-0.39, 0.29) is 20.9 Å². The van der Waals surface area contributed by atoms with Crippen LogP contribution in [0.5, 0.6) is 11.5 Å². The van der Waals surface area contributed by atoms with Crippen LogP contribution in [0.15, 0.2) is 52.3 Å². The van der Waals surface area contributed by atoms with Gasteiger partial charge in [0, 0.05) is 17.2 Å². The first-order valence-electron chi connectivity index (χ1n) is 7.40. The minimum atomic E-state index is -3.98. The summed E-state index contributed by atoms with van der Waals surface area (Å²) in [5.41, 5.74) is 0.318. The van der Waals surface area contributed by atoms with E-state index in [0.29, 0.717) is 17.1 Å². The van der Waals surface area contributed by atoms with Gasteiger partial charge in [-0.2, -0.15) is 0 Å². The second kappa shape index (κ2) is 6.34. The Morgan fingerprint density at radius 1 is 1.00 bits per heavy atom. The minimum absolute atomic E-state index is 0.0709. The molecule has 0 amide bonds. The van der Waals surface area contributed by atoms with Crippen molar-refractivity contribution in [1.29, 1.82) is 0 Å². The van der Waals surface area contributed by atoms with Crippen molar-refractivity contribution in [2.45, 2.75) is 4.90 Å². The molecule has 1 aliphatic heterocycles. The van der Waals surface area contributed by atoms with E-state index in [1.165, 1.54) is 44.6 Å². The van der Waals surface area contributed by atoms with Crippen LogP contribution in [0.2, 0.25) is 0 Å². The quantitative estimate of drug-likeness (QED) is 0.898. The average Bonchev–Trinajstić information content (AvgIpc) is 2.63. The largest absolute Gasteiger partial charge is 0.497 e. The maximum absolute atomic E-state index is 13.0. The van der Waals surface area contributed by atoms with Crippen molar-refractivity contribution in [3.8, 4) is 11.5 Å². The molecule has 2 aromatic rings. The van der Waals surface area contributed by atoms with Crippen molar-refractivity contribution in [1.82, 2.24) is 0 Å². The minimum Gasteiger partial charge on any atom is -0.497 e. The predicted molar refractivity (Wildman–Crippen MR) is 91.5 cm³/mol. The zero-order chi connectivity index (χ0) is 18.2. The highest BCUT2D eigenvalue weighted by atomic mass is 32.2. The summed E-state index contributed by atoms with van der Waals surface area (Å²) in [5.74, 6) is 0.344. The molecule has 1 aliphatic rings. The van der Waals surface area contributed by atoms with E-state index < -0.39 is 22.2 Å². The molecule has 0 unspecified atom stereocenters. The third kappa shape index (κ3) is 2.71. The SMILES string of the molecule is COc1cc(OC)cc(C2=C(CO)S(=O)(=O)c3ccccc3C2=O)c1. The number of aliphatic hydroxyl groups excluding tert-OH is 1. The zero-order valence-corrected chi connectivity index (χ0v) is 14.5. The molecule has 0 saturated carbocycles. The molecule has 0 radical (unpaired) electrons. The zero-order valence-electron chi connectivity index (χ0n) is 13.6. The maximum atomic E-state index is 13.0. The van der Waals surface area contributed by atoms with E-state index in [4.69, 9.17) is 9.47 Å². The molecule has 0 bridgehead atoms. The fraction of sp³-hybridized carbons (Fsp3) is 0.167. The van der Waals surface area contributed by atoms with Crippen molar-refractivity contribution < 1.29 is 27.8 Å². The molecule has 1 heterocycles. The summed E-state index contributed by atoms with van der Waals surface area (Å²) in [6.07, 6.45) is 0. The summed E-state index contributed by atoms with van der Waals surface area (Å²) in [6.45, 7) is -0.780. The molecule has 0 aliphatic carbocycles. The number of allylic oxidation sites excluding steroid dienone is 1. The lowest BCUT2D eigenvalue weighted by atomic mass is 9.95. The highest BCUT2D eigenvalue weighted by Crippen LogP contribution is 2.39. The lowest BCUT2D eigenvalue weighted by molar-refractivity contribution is 0.105. The molecule has 3 rings (SSSR count). The predicted octanol–water partition coefficient (Wildman–Crippen LogP) is 2.08. The van der Waals surface area contributed by atoms with Gasteiger partial charge in [0.25, 0.3) is 0 Å². The second-order valence-corrected chi connectivity index (χ2v) is 7.33. The van der Waals surface area contributed by atoms with Crippen molar-refractivity contribution in [2.24, 2.45) is 0 Å². The average molecular weight is 360 g/mol. The van der Waals surface area contributed by atoms with Crippen LogP contribution >= 0.6 is 0 Å². The van der Waals surface area contributed by atoms with Crippen LogP contribution in [0.25, 0.3) is 5.57 Å². The Morgan fingerprint density at radius 2 is 1.60 bits per heavy atom. The Kier molecular flexibility index (Phi) is 4.36. The van der Waals surface area contributed by atoms with Crippen molar-refractivity contribution in [2.75, 3.05) is 20.8 Å². The molecule has 2 aromatic carbocycles. The van der Waals surface area contributed by atoms with Crippen LogP contribution in [-0.4, -0.2) is 40.1 Å². The van der Waals surface area contributed by atoms with Gasteiger partial charge in [-0.25, -0.2) is 8.42 Å². The van der Waals surface area contributed by atoms with Gasteiger partial charge in [-0.1, -0.05) is 12.1 Å². The molecule has 1 N–H and O–H groups in total. The second-order valence-electron chi connectivity index (χ2n) is 5.39. The topological polar surface area (TPSA) is 89.9 Å². The standard InChI is InChI=1S/C18H16O6S/c1-23-12-7-11(8-13(9-12)24-2)17-16(10-19)25(21,22)15-6-4-3-5-14(15)18(17)20/h3-9,19H,10H2,1-2H3. The van der Waals surface area contributed by atoms with Crippen LogP contribution < -0.4 is 9.47 Å². The molecule has 7 heteroatoms. The molecular weight excluding hydrogens is 344 g/mol. The third-order valence-electron chi connectivity index (χ3n) is 4.04. The summed E-state index contributed by atoms with van der Waals surface area (Å²) in [4.78, 5) is 12.5. The smallest absolute Gasteiger partial charge is 0.206 e.